The van der Waals surface area contributed by atoms with Crippen molar-refractivity contribution < 1.29 is 0 Å². The molecule has 0 aliphatic heterocycles. The first kappa shape index (κ1) is 6.28. The largest absolute Gasteiger partial charge is 0.0848 e. The summed E-state index contributed by atoms with van der Waals surface area (Å²) in [6, 6.07) is 0. The fourth-order valence-electron chi connectivity index (χ4n) is 3.12. The van der Waals surface area contributed by atoms with Gasteiger partial charge >= 0.3 is 0 Å². The zero-order valence-electron chi connectivity index (χ0n) is 7.05. The van der Waals surface area contributed by atoms with Gasteiger partial charge in [-0.2, -0.15) is 0 Å². The van der Waals surface area contributed by atoms with Gasteiger partial charge in [0.25, 0.3) is 0 Å². The summed E-state index contributed by atoms with van der Waals surface area (Å²) in [6.45, 7) is 0. The van der Waals surface area contributed by atoms with Crippen molar-refractivity contribution in [2.75, 3.05) is 0 Å². The Bertz CT molecular complexity index is 202. The van der Waals surface area contributed by atoms with Crippen LogP contribution in [-0.2, 0) is 0 Å². The maximum atomic E-state index is 2.57. The summed E-state index contributed by atoms with van der Waals surface area (Å²) in [7, 11) is 0. The van der Waals surface area contributed by atoms with E-state index in [4.69, 9.17) is 0 Å². The lowest BCUT2D eigenvalue weighted by atomic mass is 9.78. The molecule has 0 bridgehead atoms. The Morgan fingerprint density at radius 3 is 3.18 bits per heavy atom. The van der Waals surface area contributed by atoms with Gasteiger partial charge in [-0.1, -0.05) is 11.6 Å². The van der Waals surface area contributed by atoms with Crippen LogP contribution in [0.15, 0.2) is 11.6 Å². The van der Waals surface area contributed by atoms with Crippen LogP contribution < -0.4 is 0 Å². The Labute approximate surface area is 68.7 Å². The predicted octanol–water partition coefficient (Wildman–Crippen LogP) is 3.14. The summed E-state index contributed by atoms with van der Waals surface area (Å²) < 4.78 is 0. The van der Waals surface area contributed by atoms with Gasteiger partial charge in [0.1, 0.15) is 0 Å². The van der Waals surface area contributed by atoms with Gasteiger partial charge in [0.15, 0.2) is 0 Å². The minimum Gasteiger partial charge on any atom is -0.0848 e. The van der Waals surface area contributed by atoms with Crippen molar-refractivity contribution in [2.45, 2.75) is 38.5 Å². The van der Waals surface area contributed by atoms with Gasteiger partial charge in [-0.15, -0.1) is 0 Å². The predicted molar refractivity (Wildman–Crippen MR) is 46.3 cm³/mol. The summed E-state index contributed by atoms with van der Waals surface area (Å²) in [4.78, 5) is 0. The number of hydrogen-bond donors (Lipinski definition) is 0. The van der Waals surface area contributed by atoms with Crippen molar-refractivity contribution in [3.05, 3.63) is 11.6 Å². The lowest BCUT2D eigenvalue weighted by molar-refractivity contribution is 0.390. The first-order valence-corrected chi connectivity index (χ1v) is 5.15. The van der Waals surface area contributed by atoms with E-state index in [-0.39, 0.29) is 0 Å². The second-order valence-corrected chi connectivity index (χ2v) is 4.51. The first-order chi connectivity index (χ1) is 5.45. The Morgan fingerprint density at radius 1 is 1.18 bits per heavy atom. The van der Waals surface area contributed by atoms with Crippen LogP contribution in [0, 0.1) is 17.8 Å². The third-order valence-electron chi connectivity index (χ3n) is 3.84. The lowest BCUT2D eigenvalue weighted by Gasteiger charge is -2.28. The number of rotatable bonds is 0. The fraction of sp³-hybridized carbons (Fsp3) is 0.818. The van der Waals surface area contributed by atoms with Crippen LogP contribution in [0.2, 0.25) is 0 Å². The molecule has 0 nitrogen and oxygen atoms in total. The van der Waals surface area contributed by atoms with Crippen LogP contribution in [0.1, 0.15) is 38.5 Å². The van der Waals surface area contributed by atoms with Crippen LogP contribution in [0.3, 0.4) is 0 Å². The highest BCUT2D eigenvalue weighted by molar-refractivity contribution is 5.23. The summed E-state index contributed by atoms with van der Waals surface area (Å²) in [6.07, 6.45) is 11.5. The molecule has 11 heavy (non-hydrogen) atoms. The zero-order valence-corrected chi connectivity index (χ0v) is 7.05. The number of fused-ring (bicyclic) bond motifs is 3. The molecule has 2 fully saturated rings. The van der Waals surface area contributed by atoms with E-state index in [0.717, 1.165) is 17.8 Å². The molecule has 2 saturated carbocycles. The summed E-state index contributed by atoms with van der Waals surface area (Å²) in [5.74, 6) is 3.25. The van der Waals surface area contributed by atoms with Crippen molar-refractivity contribution in [2.24, 2.45) is 17.8 Å². The van der Waals surface area contributed by atoms with Gasteiger partial charge in [-0.05, 0) is 56.3 Å². The molecule has 0 heteroatoms. The van der Waals surface area contributed by atoms with Crippen molar-refractivity contribution in [1.82, 2.24) is 0 Å². The quantitative estimate of drug-likeness (QED) is 0.463. The third kappa shape index (κ3) is 0.881. The molecule has 0 aromatic carbocycles. The SMILES string of the molecule is C1=C2C(CCC1)CCC1CC21. The molecule has 0 aromatic rings. The van der Waals surface area contributed by atoms with Gasteiger partial charge in [0, 0.05) is 0 Å². The monoisotopic (exact) mass is 148 g/mol. The van der Waals surface area contributed by atoms with E-state index in [1.807, 2.05) is 5.57 Å². The molecule has 3 rings (SSSR count). The van der Waals surface area contributed by atoms with Crippen molar-refractivity contribution >= 4 is 0 Å². The van der Waals surface area contributed by atoms with E-state index in [2.05, 4.69) is 6.08 Å². The van der Waals surface area contributed by atoms with Crippen LogP contribution in [0.25, 0.3) is 0 Å². The van der Waals surface area contributed by atoms with E-state index in [9.17, 15) is 0 Å². The molecule has 0 radical (unpaired) electrons. The Balaban J connectivity index is 1.89. The maximum absolute atomic E-state index is 2.57. The minimum atomic E-state index is 1.03. The summed E-state index contributed by atoms with van der Waals surface area (Å²) >= 11 is 0. The highest BCUT2D eigenvalue weighted by atomic mass is 14.5. The molecule has 3 atom stereocenters. The van der Waals surface area contributed by atoms with E-state index < -0.39 is 0 Å². The van der Waals surface area contributed by atoms with Gasteiger partial charge in [0.05, 0.1) is 0 Å². The molecule has 0 heterocycles. The van der Waals surface area contributed by atoms with Crippen LogP contribution in [-0.4, -0.2) is 0 Å². The summed E-state index contributed by atoms with van der Waals surface area (Å²) in [5.41, 5.74) is 1.88. The number of allylic oxidation sites excluding steroid dienone is 2. The Morgan fingerprint density at radius 2 is 2.18 bits per heavy atom. The van der Waals surface area contributed by atoms with E-state index in [0.29, 0.717) is 0 Å². The average Bonchev–Trinajstić information content (AvgIpc) is 2.83. The fourth-order valence-corrected chi connectivity index (χ4v) is 3.12. The maximum Gasteiger partial charge on any atom is -0.0169 e. The second kappa shape index (κ2) is 2.12. The van der Waals surface area contributed by atoms with E-state index in [1.54, 1.807) is 12.8 Å². The standard InChI is InChI=1S/C11H16/c1-2-4-10-8(3-1)5-6-9-7-11(9)10/h4,8-9,11H,1-3,5-7H2. The minimum absolute atomic E-state index is 1.03. The van der Waals surface area contributed by atoms with Crippen LogP contribution in [0.5, 0.6) is 0 Å². The smallest absolute Gasteiger partial charge is 0.0169 e. The Hall–Kier alpha value is -0.260. The van der Waals surface area contributed by atoms with Gasteiger partial charge in [-0.3, -0.25) is 0 Å². The molecule has 0 aromatic heterocycles. The van der Waals surface area contributed by atoms with Gasteiger partial charge in [-0.25, -0.2) is 0 Å². The number of hydrogen-bond acceptors (Lipinski definition) is 0. The van der Waals surface area contributed by atoms with Crippen molar-refractivity contribution in [1.29, 1.82) is 0 Å². The lowest BCUT2D eigenvalue weighted by Crippen LogP contribution is -2.15. The molecule has 0 N–H and O–H groups in total. The van der Waals surface area contributed by atoms with Gasteiger partial charge < -0.3 is 0 Å². The van der Waals surface area contributed by atoms with E-state index in [1.165, 1.54) is 25.7 Å². The van der Waals surface area contributed by atoms with Crippen molar-refractivity contribution in [3.8, 4) is 0 Å². The zero-order chi connectivity index (χ0) is 7.26. The molecule has 3 aliphatic carbocycles. The highest BCUT2D eigenvalue weighted by Crippen LogP contribution is 2.56. The molecule has 0 saturated heterocycles. The van der Waals surface area contributed by atoms with Crippen molar-refractivity contribution in [3.63, 3.8) is 0 Å². The van der Waals surface area contributed by atoms with Crippen LogP contribution in [0.4, 0.5) is 0 Å². The van der Waals surface area contributed by atoms with Crippen LogP contribution >= 0.6 is 0 Å². The molecule has 0 spiro atoms. The third-order valence-corrected chi connectivity index (χ3v) is 3.84. The molecule has 3 unspecified atom stereocenters. The first-order valence-electron chi connectivity index (χ1n) is 5.15. The van der Waals surface area contributed by atoms with E-state index >= 15 is 0 Å². The molecular weight excluding hydrogens is 132 g/mol. The molecule has 3 aliphatic rings. The topological polar surface area (TPSA) is 0 Å². The average molecular weight is 148 g/mol. The Kier molecular flexibility index (Phi) is 1.21. The molecular formula is C11H16. The molecule has 60 valence electrons. The molecule has 0 amide bonds. The normalized spacial score (nSPS) is 47.3. The van der Waals surface area contributed by atoms with Gasteiger partial charge in [0.2, 0.25) is 0 Å². The highest BCUT2D eigenvalue weighted by Gasteiger charge is 2.45. The summed E-state index contributed by atoms with van der Waals surface area (Å²) in [5, 5.41) is 0. The second-order valence-electron chi connectivity index (χ2n) is 4.51.